The van der Waals surface area contributed by atoms with Crippen molar-refractivity contribution in [3.63, 3.8) is 0 Å². The van der Waals surface area contributed by atoms with Gasteiger partial charge in [-0.25, -0.2) is 0 Å². The first-order chi connectivity index (χ1) is 4.12. The van der Waals surface area contributed by atoms with Crippen LogP contribution in [0.15, 0.2) is 0 Å². The van der Waals surface area contributed by atoms with Gasteiger partial charge in [0, 0.05) is 0 Å². The Bertz CT molecular complexity index is 65.5. The van der Waals surface area contributed by atoms with Crippen LogP contribution in [0.2, 0.25) is 9.94 Å². The Balaban J connectivity index is 3.43. The molecule has 0 aromatic heterocycles. The number of hydrogen-bond donors (Lipinski definition) is 0. The molecule has 0 amide bonds. The Labute approximate surface area is 62.4 Å². The van der Waals surface area contributed by atoms with Crippen molar-refractivity contribution >= 4 is 19.0 Å². The van der Waals surface area contributed by atoms with Crippen LogP contribution in [0, 0.1) is 0 Å². The third kappa shape index (κ3) is 5.17. The molecule has 0 unspecified atom stereocenters. The predicted molar refractivity (Wildman–Crippen MR) is 40.7 cm³/mol. The minimum atomic E-state index is -2.18. The van der Waals surface area contributed by atoms with Crippen LogP contribution in [0.4, 0.5) is 0 Å². The monoisotopic (exact) mass is 250 g/mol. The Kier molecular flexibility index (Phi) is 4.87. The molecule has 58 valence electrons. The van der Waals surface area contributed by atoms with E-state index in [0.717, 1.165) is 13.2 Å². The Hall–Kier alpha value is 0.710. The van der Waals surface area contributed by atoms with Gasteiger partial charge in [0.1, 0.15) is 0 Å². The summed E-state index contributed by atoms with van der Waals surface area (Å²) in [4.78, 5) is 4.21. The normalized spacial score (nSPS) is 13.8. The third-order valence-corrected chi connectivity index (χ3v) is 5.39. The van der Waals surface area contributed by atoms with Crippen molar-refractivity contribution in [1.29, 1.82) is 0 Å². The van der Waals surface area contributed by atoms with Crippen molar-refractivity contribution in [3.8, 4) is 0 Å². The summed E-state index contributed by atoms with van der Waals surface area (Å²) in [6, 6.07) is 0. The van der Waals surface area contributed by atoms with E-state index in [4.69, 9.17) is 6.20 Å². The van der Waals surface area contributed by atoms with E-state index in [1.54, 1.807) is 0 Å². The molecule has 0 aliphatic carbocycles. The van der Waals surface area contributed by atoms with Crippen molar-refractivity contribution in [2.24, 2.45) is 0 Å². The van der Waals surface area contributed by atoms with Gasteiger partial charge in [-0.3, -0.25) is 0 Å². The Morgan fingerprint density at radius 3 is 1.56 bits per heavy atom. The average molecular weight is 248 g/mol. The van der Waals surface area contributed by atoms with E-state index >= 15 is 0 Å². The van der Waals surface area contributed by atoms with E-state index in [0.29, 0.717) is 0 Å². The summed E-state index contributed by atoms with van der Waals surface area (Å²) in [5, 5.41) is 0. The standard InChI is InChI=1S/C6H16O2Te/c1-5-7-9(3,4)8-6-2/h5-6H2,1-4H3. The second-order valence-electron chi connectivity index (χ2n) is 1.96. The van der Waals surface area contributed by atoms with E-state index in [2.05, 4.69) is 9.94 Å². The van der Waals surface area contributed by atoms with Crippen molar-refractivity contribution < 1.29 is 6.20 Å². The molecule has 0 rings (SSSR count). The fourth-order valence-corrected chi connectivity index (χ4v) is 4.04. The SMILES string of the molecule is CCO[Te](C)(C)OCC. The van der Waals surface area contributed by atoms with Crippen molar-refractivity contribution in [2.45, 2.75) is 23.8 Å². The molecule has 0 spiro atoms. The zero-order valence-corrected chi connectivity index (χ0v) is 8.97. The van der Waals surface area contributed by atoms with Gasteiger partial charge in [-0.05, 0) is 0 Å². The van der Waals surface area contributed by atoms with Crippen LogP contribution in [-0.4, -0.2) is 32.2 Å². The molecule has 0 N–H and O–H groups in total. The molecule has 0 fully saturated rings. The number of hydrogen-bond acceptors (Lipinski definition) is 2. The van der Waals surface area contributed by atoms with Crippen molar-refractivity contribution in [1.82, 2.24) is 0 Å². The third-order valence-electron chi connectivity index (χ3n) is 0.803. The molecular weight excluding hydrogens is 232 g/mol. The molecule has 0 saturated heterocycles. The van der Waals surface area contributed by atoms with Gasteiger partial charge in [-0.1, -0.05) is 0 Å². The van der Waals surface area contributed by atoms with Crippen LogP contribution in [0.5, 0.6) is 0 Å². The molecule has 0 aromatic carbocycles. The summed E-state index contributed by atoms with van der Waals surface area (Å²) in [5.41, 5.74) is 0. The molecule has 0 heterocycles. The molecule has 0 aliphatic heterocycles. The summed E-state index contributed by atoms with van der Waals surface area (Å²) >= 11 is -2.18. The molecule has 0 bridgehead atoms. The Morgan fingerprint density at radius 2 is 1.33 bits per heavy atom. The van der Waals surface area contributed by atoms with Gasteiger partial charge >= 0.3 is 62.2 Å². The van der Waals surface area contributed by atoms with E-state index in [9.17, 15) is 0 Å². The fraction of sp³-hybridized carbons (Fsp3) is 1.00. The molecule has 0 atom stereocenters. The molecule has 3 heteroatoms. The maximum absolute atomic E-state index is 5.44. The van der Waals surface area contributed by atoms with Crippen LogP contribution >= 0.6 is 0 Å². The molecule has 0 aromatic rings. The maximum atomic E-state index is 5.44. The molecule has 2 nitrogen and oxygen atoms in total. The first kappa shape index (κ1) is 9.71. The van der Waals surface area contributed by atoms with Crippen molar-refractivity contribution in [3.05, 3.63) is 0 Å². The van der Waals surface area contributed by atoms with Crippen LogP contribution in [0.25, 0.3) is 0 Å². The number of rotatable bonds is 4. The van der Waals surface area contributed by atoms with Gasteiger partial charge < -0.3 is 0 Å². The molecule has 9 heavy (non-hydrogen) atoms. The summed E-state index contributed by atoms with van der Waals surface area (Å²) in [7, 11) is 0. The van der Waals surface area contributed by atoms with Gasteiger partial charge in [-0.2, -0.15) is 0 Å². The minimum absolute atomic E-state index is 0.786. The molecule has 0 aliphatic rings. The first-order valence-electron chi connectivity index (χ1n) is 3.14. The zero-order chi connectivity index (χ0) is 7.33. The van der Waals surface area contributed by atoms with Crippen LogP contribution in [0.1, 0.15) is 13.8 Å². The second-order valence-corrected chi connectivity index (χ2v) is 9.83. The van der Waals surface area contributed by atoms with Gasteiger partial charge in [0.05, 0.1) is 0 Å². The van der Waals surface area contributed by atoms with E-state index in [-0.39, 0.29) is 0 Å². The quantitative estimate of drug-likeness (QED) is 0.705. The van der Waals surface area contributed by atoms with Crippen LogP contribution in [-0.2, 0) is 6.20 Å². The van der Waals surface area contributed by atoms with Crippen LogP contribution in [0.3, 0.4) is 0 Å². The summed E-state index contributed by atoms with van der Waals surface area (Å²) in [6.07, 6.45) is 0. The fourth-order valence-electron chi connectivity index (χ4n) is 0.602. The molecule has 0 radical (unpaired) electrons. The van der Waals surface area contributed by atoms with Gasteiger partial charge in [-0.15, -0.1) is 0 Å². The van der Waals surface area contributed by atoms with Gasteiger partial charge in [0.2, 0.25) is 0 Å². The predicted octanol–water partition coefficient (Wildman–Crippen LogP) is 1.76. The topological polar surface area (TPSA) is 18.5 Å². The van der Waals surface area contributed by atoms with E-state index in [1.807, 2.05) is 13.8 Å². The van der Waals surface area contributed by atoms with Crippen molar-refractivity contribution in [2.75, 3.05) is 13.2 Å². The average Bonchev–Trinajstić information content (AvgIpc) is 1.64. The summed E-state index contributed by atoms with van der Waals surface area (Å²) in [5.74, 6) is 0. The van der Waals surface area contributed by atoms with E-state index < -0.39 is 19.0 Å². The second kappa shape index (κ2) is 4.51. The van der Waals surface area contributed by atoms with E-state index in [1.165, 1.54) is 0 Å². The summed E-state index contributed by atoms with van der Waals surface area (Å²) in [6.45, 7) is 5.58. The van der Waals surface area contributed by atoms with Gasteiger partial charge in [0.15, 0.2) is 0 Å². The molecule has 0 saturated carbocycles. The Morgan fingerprint density at radius 1 is 1.00 bits per heavy atom. The van der Waals surface area contributed by atoms with Gasteiger partial charge in [0.25, 0.3) is 0 Å². The van der Waals surface area contributed by atoms with Crippen LogP contribution < -0.4 is 0 Å². The summed E-state index contributed by atoms with van der Waals surface area (Å²) < 4.78 is 10.9. The molecular formula is C6H16O2Te. The zero-order valence-electron chi connectivity index (χ0n) is 6.64. The first-order valence-corrected chi connectivity index (χ1v) is 9.70.